The van der Waals surface area contributed by atoms with E-state index in [-0.39, 0.29) is 0 Å². The second kappa shape index (κ2) is 7.33. The second-order valence-corrected chi connectivity index (χ2v) is 9.05. The summed E-state index contributed by atoms with van der Waals surface area (Å²) in [5.74, 6) is 0. The Morgan fingerprint density at radius 3 is 2.28 bits per heavy atom. The number of nitrogens with one attached hydrogen (secondary N) is 3. The van der Waals surface area contributed by atoms with E-state index >= 15 is 0 Å². The number of carbonyl (C=O) groups is 1. The Kier molecular flexibility index (Phi) is 5.34. The number of carbonyl (C=O) groups excluding carboxylic acids is 1. The molecule has 1 atom stereocenters. The Morgan fingerprint density at radius 2 is 1.72 bits per heavy atom. The maximum absolute atomic E-state index is 12.4. The van der Waals surface area contributed by atoms with Crippen LogP contribution in [0.25, 0.3) is 0 Å². The fourth-order valence-corrected chi connectivity index (χ4v) is 4.64. The summed E-state index contributed by atoms with van der Waals surface area (Å²) in [5, 5.41) is 5.18. The minimum absolute atomic E-state index is 0.315. The molecule has 0 spiro atoms. The molecular weight excluding hydrogens is 338 g/mol. The van der Waals surface area contributed by atoms with Crippen molar-refractivity contribution in [1.29, 1.82) is 0 Å². The number of benzene rings is 1. The summed E-state index contributed by atoms with van der Waals surface area (Å²) in [6.07, 6.45) is 6.15. The predicted molar refractivity (Wildman–Crippen MR) is 99.6 cm³/mol. The molecule has 2 amide bonds. The smallest absolute Gasteiger partial charge is 0.316 e. The summed E-state index contributed by atoms with van der Waals surface area (Å²) in [6, 6.07) is 1.63. The summed E-state index contributed by atoms with van der Waals surface area (Å²) in [6.45, 7) is 4.51. The molecule has 0 aliphatic heterocycles. The Bertz CT molecular complexity index is 742. The van der Waals surface area contributed by atoms with Crippen LogP contribution in [0.3, 0.4) is 0 Å². The van der Waals surface area contributed by atoms with Crippen LogP contribution in [0.5, 0.6) is 0 Å². The van der Waals surface area contributed by atoms with Gasteiger partial charge in [-0.25, -0.2) is 17.9 Å². The first-order chi connectivity index (χ1) is 11.9. The van der Waals surface area contributed by atoms with Crippen LogP contribution in [-0.2, 0) is 35.7 Å². The zero-order valence-corrected chi connectivity index (χ0v) is 15.8. The first kappa shape index (κ1) is 18.2. The lowest BCUT2D eigenvalue weighted by atomic mass is 9.99. The monoisotopic (exact) mass is 365 g/mol. The number of rotatable bonds is 6. The summed E-state index contributed by atoms with van der Waals surface area (Å²) in [5.41, 5.74) is 5.84. The summed E-state index contributed by atoms with van der Waals surface area (Å²) in [4.78, 5) is 12.4. The largest absolute Gasteiger partial charge is 0.332 e. The van der Waals surface area contributed by atoms with Crippen LogP contribution in [0.1, 0.15) is 48.9 Å². The third-order valence-electron chi connectivity index (χ3n) is 5.16. The van der Waals surface area contributed by atoms with E-state index in [1.807, 2.05) is 6.92 Å². The Labute approximate surface area is 149 Å². The minimum Gasteiger partial charge on any atom is -0.316 e. The lowest BCUT2D eigenvalue weighted by Gasteiger charge is -2.18. The highest BCUT2D eigenvalue weighted by Crippen LogP contribution is 2.38. The molecule has 0 aromatic heterocycles. The Hall–Kier alpha value is -1.60. The summed E-state index contributed by atoms with van der Waals surface area (Å²) >= 11 is 0. The van der Waals surface area contributed by atoms with Crippen molar-refractivity contribution >= 4 is 21.7 Å². The zero-order chi connectivity index (χ0) is 18.0. The number of amides is 2. The van der Waals surface area contributed by atoms with E-state index in [4.69, 9.17) is 0 Å². The number of hydrogen-bond donors (Lipinski definition) is 3. The van der Waals surface area contributed by atoms with Crippen molar-refractivity contribution in [2.45, 2.75) is 57.6 Å². The summed E-state index contributed by atoms with van der Waals surface area (Å²) < 4.78 is 26.8. The first-order valence-electron chi connectivity index (χ1n) is 9.12. The topological polar surface area (TPSA) is 87.3 Å². The van der Waals surface area contributed by atoms with Gasteiger partial charge >= 0.3 is 6.03 Å². The molecule has 0 saturated heterocycles. The molecule has 0 radical (unpaired) electrons. The van der Waals surface area contributed by atoms with Gasteiger partial charge in [0.25, 0.3) is 0 Å². The van der Waals surface area contributed by atoms with E-state index < -0.39 is 21.3 Å². The average molecular weight is 365 g/mol. The number of hydrogen-bond acceptors (Lipinski definition) is 4. The molecule has 6 nitrogen and oxygen atoms in total. The van der Waals surface area contributed by atoms with Gasteiger partial charge < -0.3 is 10.6 Å². The summed E-state index contributed by atoms with van der Waals surface area (Å²) in [7, 11) is -3.70. The molecule has 2 aliphatic carbocycles. The molecule has 3 N–H and O–H groups in total. The van der Waals surface area contributed by atoms with Crippen LogP contribution in [0.15, 0.2) is 6.07 Å². The SMILES string of the molecule is CCNCC(C)S(=O)(=O)NC(=O)Nc1c2c(cc3c1CCC3)CCC2. The van der Waals surface area contributed by atoms with Crippen molar-refractivity contribution in [1.82, 2.24) is 10.0 Å². The van der Waals surface area contributed by atoms with Crippen LogP contribution in [0.4, 0.5) is 10.5 Å². The molecule has 1 unspecified atom stereocenters. The van der Waals surface area contributed by atoms with E-state index in [9.17, 15) is 13.2 Å². The molecule has 1 aromatic carbocycles. The molecule has 0 saturated carbocycles. The van der Waals surface area contributed by atoms with E-state index in [1.54, 1.807) is 6.92 Å². The maximum atomic E-state index is 12.4. The van der Waals surface area contributed by atoms with Crippen molar-refractivity contribution in [2.24, 2.45) is 0 Å². The van der Waals surface area contributed by atoms with Gasteiger partial charge in [0.05, 0.1) is 5.25 Å². The second-order valence-electron chi connectivity index (χ2n) is 6.95. The standard InChI is InChI=1S/C18H27N3O3S/c1-3-19-11-12(2)25(23,24)21-18(22)20-17-15-8-4-6-13(15)10-14-7-5-9-16(14)17/h10,12,19H,3-9,11H2,1-2H3,(H2,20,21,22). The van der Waals surface area contributed by atoms with Gasteiger partial charge in [0.15, 0.2) is 0 Å². The van der Waals surface area contributed by atoms with Gasteiger partial charge in [-0.3, -0.25) is 0 Å². The third kappa shape index (κ3) is 3.82. The lowest BCUT2D eigenvalue weighted by Crippen LogP contribution is -2.43. The van der Waals surface area contributed by atoms with Crippen molar-refractivity contribution in [3.05, 3.63) is 28.3 Å². The van der Waals surface area contributed by atoms with E-state index in [1.165, 1.54) is 22.3 Å². The maximum Gasteiger partial charge on any atom is 0.332 e. The number of anilines is 1. The van der Waals surface area contributed by atoms with Crippen LogP contribution >= 0.6 is 0 Å². The van der Waals surface area contributed by atoms with Crippen molar-refractivity contribution in [3.63, 3.8) is 0 Å². The quantitative estimate of drug-likeness (QED) is 0.721. The molecule has 0 fully saturated rings. The highest BCUT2D eigenvalue weighted by Gasteiger charge is 2.27. The molecule has 0 heterocycles. The van der Waals surface area contributed by atoms with Gasteiger partial charge in [0.1, 0.15) is 0 Å². The van der Waals surface area contributed by atoms with Crippen LogP contribution < -0.4 is 15.4 Å². The average Bonchev–Trinajstić information content (AvgIpc) is 3.20. The van der Waals surface area contributed by atoms with E-state index in [2.05, 4.69) is 21.4 Å². The Balaban J connectivity index is 1.76. The van der Waals surface area contributed by atoms with Crippen molar-refractivity contribution in [2.75, 3.05) is 18.4 Å². The highest BCUT2D eigenvalue weighted by molar-refractivity contribution is 7.90. The number of urea groups is 1. The number of fused-ring (bicyclic) bond motifs is 2. The molecule has 2 aliphatic rings. The molecule has 138 valence electrons. The molecule has 3 rings (SSSR count). The lowest BCUT2D eigenvalue weighted by molar-refractivity contribution is 0.256. The Morgan fingerprint density at radius 1 is 1.12 bits per heavy atom. The molecule has 25 heavy (non-hydrogen) atoms. The fraction of sp³-hybridized carbons (Fsp3) is 0.611. The zero-order valence-electron chi connectivity index (χ0n) is 14.9. The molecule has 0 bridgehead atoms. The number of aryl methyl sites for hydroxylation is 2. The van der Waals surface area contributed by atoms with E-state index in [0.717, 1.165) is 44.2 Å². The third-order valence-corrected chi connectivity index (χ3v) is 6.85. The molecule has 7 heteroatoms. The van der Waals surface area contributed by atoms with Gasteiger partial charge in [0.2, 0.25) is 10.0 Å². The molecular formula is C18H27N3O3S. The fourth-order valence-electron chi connectivity index (χ4n) is 3.79. The van der Waals surface area contributed by atoms with E-state index in [0.29, 0.717) is 13.1 Å². The predicted octanol–water partition coefficient (Wildman–Crippen LogP) is 2.11. The van der Waals surface area contributed by atoms with Gasteiger partial charge in [0, 0.05) is 12.2 Å². The van der Waals surface area contributed by atoms with Gasteiger partial charge in [-0.15, -0.1) is 0 Å². The van der Waals surface area contributed by atoms with Gasteiger partial charge in [-0.05, 0) is 74.2 Å². The minimum atomic E-state index is -3.70. The van der Waals surface area contributed by atoms with Gasteiger partial charge in [-0.1, -0.05) is 13.0 Å². The first-order valence-corrected chi connectivity index (χ1v) is 10.7. The normalized spacial score (nSPS) is 17.0. The number of sulfonamides is 1. The van der Waals surface area contributed by atoms with Crippen molar-refractivity contribution < 1.29 is 13.2 Å². The van der Waals surface area contributed by atoms with Gasteiger partial charge in [-0.2, -0.15) is 0 Å². The van der Waals surface area contributed by atoms with Crippen molar-refractivity contribution in [3.8, 4) is 0 Å². The van der Waals surface area contributed by atoms with Crippen LogP contribution in [-0.4, -0.2) is 32.8 Å². The highest BCUT2D eigenvalue weighted by atomic mass is 32.2. The van der Waals surface area contributed by atoms with Crippen LogP contribution in [0.2, 0.25) is 0 Å². The molecule has 1 aromatic rings. The van der Waals surface area contributed by atoms with Crippen LogP contribution in [0, 0.1) is 0 Å².